The third kappa shape index (κ3) is 11.3. The lowest BCUT2D eigenvalue weighted by atomic mass is 9.86. The summed E-state index contributed by atoms with van der Waals surface area (Å²) in [5.74, 6) is -4.27. The number of hydrogen-bond acceptors (Lipinski definition) is 8. The normalized spacial score (nSPS) is 22.3. The standard InChI is InChI=1S/C31H43F6N7O4S/c1-20-18-22(7-8-23(20)30(32,33)34)9-12-40-28(46)24-5-3-14-44(24)26-19-25(41-29(42-26)31(35,36)37)43-15-10-21(11-16-43)4-2-6-27(45)39-13-17-49(38,47)48/h7-8,18-21,23-24H,2-6,9-17H2,1H3,(H,39,45)(H,40,46)(H2,38,47,48)/t20?,23?,24-/m0/s1. The molecule has 4 N–H and O–H groups in total. The molecule has 0 aromatic carbocycles. The number of anilines is 2. The van der Waals surface area contributed by atoms with Gasteiger partial charge in [0.05, 0.1) is 11.7 Å². The number of piperidine rings is 1. The number of sulfonamides is 1. The Kier molecular flexibility index (Phi) is 12.6. The van der Waals surface area contributed by atoms with Crippen molar-refractivity contribution in [3.8, 4) is 0 Å². The Balaban J connectivity index is 1.32. The number of nitrogens with zero attached hydrogens (tertiary/aromatic N) is 4. The van der Waals surface area contributed by atoms with Crippen LogP contribution in [0.4, 0.5) is 38.0 Å². The third-order valence-electron chi connectivity index (χ3n) is 9.12. The number of hydrogen-bond donors (Lipinski definition) is 3. The van der Waals surface area contributed by atoms with Crippen molar-refractivity contribution >= 4 is 33.5 Å². The number of nitrogens with one attached hydrogen (secondary N) is 2. The number of allylic oxidation sites excluding steroid dienone is 3. The van der Waals surface area contributed by atoms with Crippen LogP contribution in [0, 0.1) is 17.8 Å². The maximum atomic E-state index is 13.9. The summed E-state index contributed by atoms with van der Waals surface area (Å²) in [7, 11) is -3.66. The number of nitrogens with two attached hydrogens (primary N) is 1. The fraction of sp³-hybridized carbons (Fsp3) is 0.677. The lowest BCUT2D eigenvalue weighted by Gasteiger charge is -2.34. The van der Waals surface area contributed by atoms with Gasteiger partial charge < -0.3 is 20.4 Å². The van der Waals surface area contributed by atoms with Crippen LogP contribution in [0.15, 0.2) is 29.9 Å². The first kappa shape index (κ1) is 38.4. The van der Waals surface area contributed by atoms with Gasteiger partial charge in [0.1, 0.15) is 17.7 Å². The van der Waals surface area contributed by atoms with Gasteiger partial charge in [-0.2, -0.15) is 26.3 Å². The molecular weight excluding hydrogens is 680 g/mol. The predicted octanol–water partition coefficient (Wildman–Crippen LogP) is 4.07. The molecule has 3 aliphatic rings. The molecule has 1 aromatic rings. The maximum Gasteiger partial charge on any atom is 0.451 e. The van der Waals surface area contributed by atoms with Crippen LogP contribution >= 0.6 is 0 Å². The van der Waals surface area contributed by atoms with Gasteiger partial charge in [-0.15, -0.1) is 0 Å². The molecule has 2 unspecified atom stereocenters. The molecule has 3 atom stereocenters. The van der Waals surface area contributed by atoms with E-state index in [1.807, 2.05) is 0 Å². The van der Waals surface area contributed by atoms with E-state index in [9.17, 15) is 44.3 Å². The molecule has 1 aromatic heterocycles. The van der Waals surface area contributed by atoms with Crippen LogP contribution in [-0.2, 0) is 25.8 Å². The van der Waals surface area contributed by atoms with Crippen molar-refractivity contribution < 1.29 is 44.3 Å². The molecule has 2 aliphatic heterocycles. The van der Waals surface area contributed by atoms with Gasteiger partial charge in [-0.3, -0.25) is 9.59 Å². The molecule has 0 spiro atoms. The molecule has 11 nitrogen and oxygen atoms in total. The zero-order valence-electron chi connectivity index (χ0n) is 27.2. The van der Waals surface area contributed by atoms with Crippen LogP contribution in [-0.4, -0.2) is 80.9 Å². The van der Waals surface area contributed by atoms with Gasteiger partial charge in [-0.05, 0) is 56.8 Å². The molecule has 49 heavy (non-hydrogen) atoms. The van der Waals surface area contributed by atoms with Gasteiger partial charge >= 0.3 is 12.4 Å². The van der Waals surface area contributed by atoms with Crippen LogP contribution in [0.5, 0.6) is 0 Å². The molecule has 274 valence electrons. The highest BCUT2D eigenvalue weighted by Gasteiger charge is 2.42. The minimum atomic E-state index is -4.82. The van der Waals surface area contributed by atoms with Crippen LogP contribution < -0.4 is 25.6 Å². The molecular formula is C31H43F6N7O4S. The number of halogens is 6. The summed E-state index contributed by atoms with van der Waals surface area (Å²) >= 11 is 0. The topological polar surface area (TPSA) is 151 Å². The summed E-state index contributed by atoms with van der Waals surface area (Å²) in [5, 5.41) is 10.2. The Bertz CT molecular complexity index is 1490. The molecule has 0 saturated carbocycles. The number of carbonyl (C=O) groups is 2. The molecule has 0 bridgehead atoms. The number of alkyl halides is 6. The van der Waals surface area contributed by atoms with Gasteiger partial charge in [0.25, 0.3) is 0 Å². The second-order valence-corrected chi connectivity index (χ2v) is 14.6. The van der Waals surface area contributed by atoms with Gasteiger partial charge in [-0.1, -0.05) is 30.7 Å². The average molecular weight is 724 g/mol. The maximum absolute atomic E-state index is 13.9. The molecule has 18 heteroatoms. The summed E-state index contributed by atoms with van der Waals surface area (Å²) in [6.45, 7) is 2.77. The first-order valence-electron chi connectivity index (χ1n) is 16.4. The number of aromatic nitrogens is 2. The average Bonchev–Trinajstić information content (AvgIpc) is 3.50. The van der Waals surface area contributed by atoms with E-state index in [1.54, 1.807) is 9.80 Å². The zero-order valence-corrected chi connectivity index (χ0v) is 28.0. The van der Waals surface area contributed by atoms with Crippen molar-refractivity contribution in [3.05, 3.63) is 35.7 Å². The van der Waals surface area contributed by atoms with Gasteiger partial charge in [0, 0.05) is 45.2 Å². The molecule has 0 radical (unpaired) electrons. The van der Waals surface area contributed by atoms with Crippen LogP contribution in [0.1, 0.15) is 64.1 Å². The van der Waals surface area contributed by atoms with E-state index in [0.717, 1.165) is 12.5 Å². The fourth-order valence-electron chi connectivity index (χ4n) is 6.52. The lowest BCUT2D eigenvalue weighted by Crippen LogP contribution is -2.44. The Hall–Kier alpha value is -3.41. The number of primary sulfonamides is 1. The summed E-state index contributed by atoms with van der Waals surface area (Å²) < 4.78 is 103. The molecule has 2 amide bonds. The number of carbonyl (C=O) groups excluding carboxylic acids is 2. The molecule has 3 heterocycles. The van der Waals surface area contributed by atoms with Gasteiger partial charge in [0.2, 0.25) is 27.7 Å². The SMILES string of the molecule is CC1C=C(CCNC(=O)[C@@H]2CCCN2c2cc(N3CCC(CCCC(=O)NCCS(N)(=O)=O)CC3)nc(C(F)(F)F)n2)C=CC1C(F)(F)F. The van der Waals surface area contributed by atoms with E-state index in [0.29, 0.717) is 63.7 Å². The van der Waals surface area contributed by atoms with Crippen LogP contribution in [0.2, 0.25) is 0 Å². The number of rotatable bonds is 13. The highest BCUT2D eigenvalue weighted by Crippen LogP contribution is 2.37. The zero-order chi connectivity index (χ0) is 36.0. The Morgan fingerprint density at radius 1 is 1.00 bits per heavy atom. The van der Waals surface area contributed by atoms with Crippen molar-refractivity contribution in [1.29, 1.82) is 0 Å². The lowest BCUT2D eigenvalue weighted by molar-refractivity contribution is -0.169. The number of amides is 2. The summed E-state index contributed by atoms with van der Waals surface area (Å²) in [4.78, 5) is 36.1. The second kappa shape index (κ2) is 16.1. The summed E-state index contributed by atoms with van der Waals surface area (Å²) in [6.07, 6.45) is -0.960. The van der Waals surface area contributed by atoms with E-state index in [1.165, 1.54) is 25.1 Å². The minimum absolute atomic E-state index is 0.00418. The minimum Gasteiger partial charge on any atom is -0.356 e. The first-order valence-corrected chi connectivity index (χ1v) is 18.1. The van der Waals surface area contributed by atoms with E-state index in [-0.39, 0.29) is 48.7 Å². The summed E-state index contributed by atoms with van der Waals surface area (Å²) in [5.41, 5.74) is 0.666. The van der Waals surface area contributed by atoms with E-state index in [2.05, 4.69) is 20.6 Å². The predicted molar refractivity (Wildman–Crippen MR) is 171 cm³/mol. The quantitative estimate of drug-likeness (QED) is 0.258. The van der Waals surface area contributed by atoms with Crippen molar-refractivity contribution in [2.45, 2.75) is 76.7 Å². The van der Waals surface area contributed by atoms with Crippen LogP contribution in [0.3, 0.4) is 0 Å². The second-order valence-electron chi connectivity index (χ2n) is 12.9. The van der Waals surface area contributed by atoms with Crippen molar-refractivity contribution in [2.24, 2.45) is 22.9 Å². The van der Waals surface area contributed by atoms with Crippen molar-refractivity contribution in [1.82, 2.24) is 20.6 Å². The van der Waals surface area contributed by atoms with E-state index < -0.39 is 52.0 Å². The highest BCUT2D eigenvalue weighted by molar-refractivity contribution is 7.89. The fourth-order valence-corrected chi connectivity index (χ4v) is 6.90. The van der Waals surface area contributed by atoms with Gasteiger partial charge in [0.15, 0.2) is 0 Å². The monoisotopic (exact) mass is 723 g/mol. The highest BCUT2D eigenvalue weighted by atomic mass is 32.2. The van der Waals surface area contributed by atoms with E-state index in [4.69, 9.17) is 5.14 Å². The van der Waals surface area contributed by atoms with Gasteiger partial charge in [-0.25, -0.2) is 23.5 Å². The molecule has 1 aliphatic carbocycles. The van der Waals surface area contributed by atoms with Crippen molar-refractivity contribution in [2.75, 3.05) is 48.3 Å². The summed E-state index contributed by atoms with van der Waals surface area (Å²) in [6, 6.07) is 0.708. The molecule has 2 saturated heterocycles. The first-order chi connectivity index (χ1) is 22.9. The van der Waals surface area contributed by atoms with E-state index >= 15 is 0 Å². The van der Waals surface area contributed by atoms with Crippen LogP contribution in [0.25, 0.3) is 0 Å². The molecule has 4 rings (SSSR count). The Morgan fingerprint density at radius 3 is 2.33 bits per heavy atom. The Morgan fingerprint density at radius 2 is 1.69 bits per heavy atom. The molecule has 2 fully saturated rings. The Labute approximate surface area is 281 Å². The largest absolute Gasteiger partial charge is 0.451 e. The van der Waals surface area contributed by atoms with Crippen molar-refractivity contribution in [3.63, 3.8) is 0 Å². The third-order valence-corrected chi connectivity index (χ3v) is 9.89. The smallest absolute Gasteiger partial charge is 0.356 e.